The van der Waals surface area contributed by atoms with Crippen molar-refractivity contribution in [2.45, 2.75) is 5.75 Å². The minimum absolute atomic E-state index is 0.391. The number of thioether (sulfide) groups is 1. The molecule has 0 spiro atoms. The maximum atomic E-state index is 11.3. The number of rotatable bonds is 3. The summed E-state index contributed by atoms with van der Waals surface area (Å²) in [6, 6.07) is 3.23. The smallest absolute Gasteiger partial charge is 0.337 e. The summed E-state index contributed by atoms with van der Waals surface area (Å²) in [4.78, 5) is 11.3. The lowest BCUT2D eigenvalue weighted by molar-refractivity contribution is 0.0600. The first-order valence-corrected chi connectivity index (χ1v) is 6.02. The van der Waals surface area contributed by atoms with Gasteiger partial charge in [-0.05, 0) is 24.0 Å². The zero-order chi connectivity index (χ0) is 11.4. The monoisotopic (exact) mass is 245 g/mol. The molecule has 1 aromatic carbocycles. The van der Waals surface area contributed by atoms with E-state index < -0.39 is 5.97 Å². The van der Waals surface area contributed by atoms with Gasteiger partial charge in [-0.3, -0.25) is 0 Å². The van der Waals surface area contributed by atoms with Gasteiger partial charge in [-0.1, -0.05) is 11.6 Å². The predicted octanol–water partition coefficient (Wildman–Crippen LogP) is 2.57. The summed E-state index contributed by atoms with van der Waals surface area (Å²) in [6.07, 6.45) is 1.96. The molecule has 0 aliphatic carbocycles. The number of nitrogens with two attached hydrogens (primary N) is 1. The Kier molecular flexibility index (Phi) is 4.29. The molecule has 15 heavy (non-hydrogen) atoms. The second kappa shape index (κ2) is 5.28. The van der Waals surface area contributed by atoms with E-state index in [0.717, 1.165) is 11.3 Å². The minimum atomic E-state index is -0.403. The van der Waals surface area contributed by atoms with Crippen molar-refractivity contribution >= 4 is 35.0 Å². The molecule has 0 bridgehead atoms. The lowest BCUT2D eigenvalue weighted by Crippen LogP contribution is -2.04. The Balaban J connectivity index is 3.16. The Hall–Kier alpha value is -0.870. The third-order valence-corrected chi connectivity index (χ3v) is 2.85. The topological polar surface area (TPSA) is 52.3 Å². The first kappa shape index (κ1) is 12.2. The maximum absolute atomic E-state index is 11.3. The number of benzene rings is 1. The van der Waals surface area contributed by atoms with Gasteiger partial charge in [0.05, 0.1) is 23.4 Å². The highest BCUT2D eigenvalue weighted by Gasteiger charge is 2.11. The normalized spacial score (nSPS) is 10.1. The summed E-state index contributed by atoms with van der Waals surface area (Å²) in [5.41, 5.74) is 7.60. The van der Waals surface area contributed by atoms with E-state index >= 15 is 0 Å². The van der Waals surface area contributed by atoms with Crippen LogP contribution in [0.15, 0.2) is 12.1 Å². The summed E-state index contributed by atoms with van der Waals surface area (Å²) in [7, 11) is 1.33. The van der Waals surface area contributed by atoms with Crippen LogP contribution in [0.1, 0.15) is 15.9 Å². The molecule has 0 aliphatic heterocycles. The molecule has 0 heterocycles. The second-order valence-corrected chi connectivity index (χ2v) is 4.23. The number of halogens is 1. The summed E-state index contributed by atoms with van der Waals surface area (Å²) < 4.78 is 4.62. The van der Waals surface area contributed by atoms with Crippen LogP contribution in [-0.2, 0) is 10.5 Å². The van der Waals surface area contributed by atoms with Crippen molar-refractivity contribution in [3.63, 3.8) is 0 Å². The fraction of sp³-hybridized carbons (Fsp3) is 0.300. The van der Waals surface area contributed by atoms with Gasteiger partial charge in [-0.2, -0.15) is 11.8 Å². The molecule has 1 rings (SSSR count). The predicted molar refractivity (Wildman–Crippen MR) is 64.4 cm³/mol. The first-order valence-electron chi connectivity index (χ1n) is 4.25. The molecule has 0 atom stereocenters. The van der Waals surface area contributed by atoms with Crippen molar-refractivity contribution in [3.05, 3.63) is 28.3 Å². The number of nitrogen functional groups attached to an aromatic ring is 1. The number of hydrogen-bond acceptors (Lipinski definition) is 4. The van der Waals surface area contributed by atoms with Crippen LogP contribution in [0.4, 0.5) is 5.69 Å². The Labute approximate surface area is 97.9 Å². The van der Waals surface area contributed by atoms with E-state index in [1.165, 1.54) is 13.2 Å². The summed E-state index contributed by atoms with van der Waals surface area (Å²) in [6.45, 7) is 0. The van der Waals surface area contributed by atoms with Crippen molar-refractivity contribution in [1.29, 1.82) is 0 Å². The number of esters is 1. The molecule has 1 aromatic rings. The molecular weight excluding hydrogens is 234 g/mol. The molecular formula is C10H12ClNO2S. The summed E-state index contributed by atoms with van der Waals surface area (Å²) in [5, 5.41) is 0.391. The van der Waals surface area contributed by atoms with Gasteiger partial charge in [0.2, 0.25) is 0 Å². The van der Waals surface area contributed by atoms with Crippen LogP contribution in [0.25, 0.3) is 0 Å². The summed E-state index contributed by atoms with van der Waals surface area (Å²) >= 11 is 7.53. The van der Waals surface area contributed by atoms with E-state index in [0.29, 0.717) is 16.3 Å². The quantitative estimate of drug-likeness (QED) is 0.657. The standard InChI is InChI=1S/C10H12ClNO2S/c1-14-10(13)6-3-7(5-15-2)9(12)8(11)4-6/h3-4H,5,12H2,1-2H3. The van der Waals surface area contributed by atoms with E-state index in [2.05, 4.69) is 4.74 Å². The lowest BCUT2D eigenvalue weighted by Gasteiger charge is -2.08. The van der Waals surface area contributed by atoms with Crippen LogP contribution < -0.4 is 5.73 Å². The molecule has 0 fully saturated rings. The van der Waals surface area contributed by atoms with Gasteiger partial charge in [0, 0.05) is 5.75 Å². The van der Waals surface area contributed by atoms with E-state index in [1.54, 1.807) is 17.8 Å². The third-order valence-electron chi connectivity index (χ3n) is 1.94. The number of carbonyl (C=O) groups excluding carboxylic acids is 1. The molecule has 0 radical (unpaired) electrons. The van der Waals surface area contributed by atoms with Gasteiger partial charge in [0.15, 0.2) is 0 Å². The second-order valence-electron chi connectivity index (χ2n) is 2.96. The minimum Gasteiger partial charge on any atom is -0.465 e. The van der Waals surface area contributed by atoms with Gasteiger partial charge >= 0.3 is 5.97 Å². The number of methoxy groups -OCH3 is 1. The average Bonchev–Trinajstić information content (AvgIpc) is 2.23. The van der Waals surface area contributed by atoms with Crippen LogP contribution in [0.2, 0.25) is 5.02 Å². The van der Waals surface area contributed by atoms with E-state index in [1.807, 2.05) is 6.26 Å². The highest BCUT2D eigenvalue weighted by Crippen LogP contribution is 2.27. The van der Waals surface area contributed by atoms with Gasteiger partial charge in [-0.15, -0.1) is 0 Å². The van der Waals surface area contributed by atoms with Crippen LogP contribution >= 0.6 is 23.4 Å². The van der Waals surface area contributed by atoms with Crippen molar-refractivity contribution < 1.29 is 9.53 Å². The van der Waals surface area contributed by atoms with Gasteiger partial charge in [-0.25, -0.2) is 4.79 Å². The van der Waals surface area contributed by atoms with Crippen LogP contribution in [-0.4, -0.2) is 19.3 Å². The first-order chi connectivity index (χ1) is 7.10. The molecule has 0 aliphatic rings. The zero-order valence-electron chi connectivity index (χ0n) is 8.54. The molecule has 5 heteroatoms. The number of ether oxygens (including phenoxy) is 1. The molecule has 0 unspecified atom stereocenters. The molecule has 82 valence electrons. The maximum Gasteiger partial charge on any atom is 0.337 e. The van der Waals surface area contributed by atoms with Crippen LogP contribution in [0, 0.1) is 0 Å². The SMILES string of the molecule is COC(=O)c1cc(Cl)c(N)c(CSC)c1. The van der Waals surface area contributed by atoms with Crippen LogP contribution in [0.5, 0.6) is 0 Å². The third kappa shape index (κ3) is 2.79. The fourth-order valence-corrected chi connectivity index (χ4v) is 1.97. The van der Waals surface area contributed by atoms with Crippen molar-refractivity contribution in [3.8, 4) is 0 Å². The molecule has 3 nitrogen and oxygen atoms in total. The van der Waals surface area contributed by atoms with Crippen molar-refractivity contribution in [2.75, 3.05) is 19.1 Å². The number of carbonyl (C=O) groups is 1. The zero-order valence-corrected chi connectivity index (χ0v) is 10.1. The number of hydrogen-bond donors (Lipinski definition) is 1. The molecule has 0 amide bonds. The Morgan fingerprint density at radius 3 is 2.80 bits per heavy atom. The molecule has 0 saturated heterocycles. The van der Waals surface area contributed by atoms with E-state index in [-0.39, 0.29) is 0 Å². The Morgan fingerprint density at radius 2 is 2.27 bits per heavy atom. The Bertz CT molecular complexity index is 382. The van der Waals surface area contributed by atoms with Crippen LogP contribution in [0.3, 0.4) is 0 Å². The largest absolute Gasteiger partial charge is 0.465 e. The molecule has 2 N–H and O–H groups in total. The van der Waals surface area contributed by atoms with Gasteiger partial charge in [0.1, 0.15) is 0 Å². The Morgan fingerprint density at radius 1 is 1.60 bits per heavy atom. The number of anilines is 1. The van der Waals surface area contributed by atoms with Crippen molar-refractivity contribution in [1.82, 2.24) is 0 Å². The van der Waals surface area contributed by atoms with E-state index in [4.69, 9.17) is 17.3 Å². The molecule has 0 saturated carbocycles. The molecule has 0 aromatic heterocycles. The van der Waals surface area contributed by atoms with Crippen molar-refractivity contribution in [2.24, 2.45) is 0 Å². The average molecular weight is 246 g/mol. The highest BCUT2D eigenvalue weighted by molar-refractivity contribution is 7.97. The van der Waals surface area contributed by atoms with Gasteiger partial charge < -0.3 is 10.5 Å². The lowest BCUT2D eigenvalue weighted by atomic mass is 10.1. The fourth-order valence-electron chi connectivity index (χ4n) is 1.19. The van der Waals surface area contributed by atoms with E-state index in [9.17, 15) is 4.79 Å². The van der Waals surface area contributed by atoms with Gasteiger partial charge in [0.25, 0.3) is 0 Å². The summed E-state index contributed by atoms with van der Waals surface area (Å²) in [5.74, 6) is 0.315. The highest BCUT2D eigenvalue weighted by atomic mass is 35.5.